The molecule has 4 N–H and O–H groups in total. The lowest BCUT2D eigenvalue weighted by Crippen LogP contribution is -2.35. The summed E-state index contributed by atoms with van der Waals surface area (Å²) in [6.45, 7) is -0.162. The van der Waals surface area contributed by atoms with E-state index in [0.717, 1.165) is 0 Å². The van der Waals surface area contributed by atoms with Crippen LogP contribution >= 0.6 is 35.0 Å². The Balaban J connectivity index is 0.000000220. The van der Waals surface area contributed by atoms with Crippen molar-refractivity contribution in [3.63, 3.8) is 0 Å². The number of likely N-dealkylation sites (N-methyl/N-ethyl adjacent to an activating group) is 1. The van der Waals surface area contributed by atoms with E-state index < -0.39 is 5.69 Å². The number of aliphatic hydroxyl groups is 1. The fourth-order valence-electron chi connectivity index (χ4n) is 3.11. The molecule has 1 saturated heterocycles. The number of carbonyl (C=O) groups is 2. The number of amides is 2. The minimum absolute atomic E-state index is 0.0572. The van der Waals surface area contributed by atoms with Crippen LogP contribution in [0.15, 0.2) is 59.8 Å². The van der Waals surface area contributed by atoms with Crippen molar-refractivity contribution in [2.45, 2.75) is 11.7 Å². The smallest absolute Gasteiger partial charge is 0.351 e. The van der Waals surface area contributed by atoms with Crippen LogP contribution in [0.4, 0.5) is 11.5 Å². The van der Waals surface area contributed by atoms with Gasteiger partial charge in [0.1, 0.15) is 17.5 Å². The Bertz CT molecular complexity index is 1300. The Morgan fingerprint density at radius 3 is 2.73 bits per heavy atom. The third kappa shape index (κ3) is 8.17. The summed E-state index contributed by atoms with van der Waals surface area (Å²) in [5, 5.41) is 12.3. The van der Waals surface area contributed by atoms with E-state index in [1.807, 2.05) is 0 Å². The van der Waals surface area contributed by atoms with Crippen molar-refractivity contribution >= 4 is 58.3 Å². The zero-order valence-corrected chi connectivity index (χ0v) is 21.9. The highest BCUT2D eigenvalue weighted by molar-refractivity contribution is 8.00. The van der Waals surface area contributed by atoms with Gasteiger partial charge < -0.3 is 25.8 Å². The largest absolute Gasteiger partial charge is 0.393 e. The standard InChI is InChI=1S/C15H13Cl2N3O2.C8H11N3O3S/c1-20(15(22)10-3-2-6-18-8-10)9-14(21)19-13-5-4-11(16)7-12(13)17;9-5-1-2-11(8(13)10-5)6-4-15-7(3-12)14-6/h2-8H,9H2,1H3,(H,19,21);1-2,6-7,12H,3-4H2,(H2,9,10,13)/t;6-,7+/m.1/s1. The molecule has 1 aromatic carbocycles. The van der Waals surface area contributed by atoms with Gasteiger partial charge in [-0.15, -0.1) is 11.8 Å². The van der Waals surface area contributed by atoms with Gasteiger partial charge >= 0.3 is 5.69 Å². The van der Waals surface area contributed by atoms with E-state index in [4.69, 9.17) is 38.8 Å². The normalized spacial score (nSPS) is 16.4. The second kappa shape index (κ2) is 13.4. The lowest BCUT2D eigenvalue weighted by molar-refractivity contribution is -0.116. The van der Waals surface area contributed by atoms with Crippen molar-refractivity contribution < 1.29 is 19.4 Å². The number of nitrogens with zero attached hydrogens (tertiary/aromatic N) is 4. The molecule has 14 heteroatoms. The Kier molecular flexibility index (Phi) is 10.3. The topological polar surface area (TPSA) is 153 Å². The Hall–Kier alpha value is -3.16. The zero-order chi connectivity index (χ0) is 26.9. The number of hydrogen-bond donors (Lipinski definition) is 3. The number of nitrogens with one attached hydrogen (secondary N) is 1. The van der Waals surface area contributed by atoms with Crippen LogP contribution in [0.3, 0.4) is 0 Å². The minimum atomic E-state index is -0.431. The monoisotopic (exact) mass is 566 g/mol. The number of benzene rings is 1. The predicted octanol–water partition coefficient (Wildman–Crippen LogP) is 2.50. The molecule has 3 aromatic rings. The van der Waals surface area contributed by atoms with Crippen molar-refractivity contribution in [2.75, 3.05) is 37.0 Å². The lowest BCUT2D eigenvalue weighted by atomic mass is 10.2. The summed E-state index contributed by atoms with van der Waals surface area (Å²) in [4.78, 5) is 44.3. The number of aliphatic hydroxyl groups excluding tert-OH is 1. The maximum Gasteiger partial charge on any atom is 0.351 e. The van der Waals surface area contributed by atoms with Crippen LogP contribution in [0.1, 0.15) is 16.6 Å². The predicted molar refractivity (Wildman–Crippen MR) is 143 cm³/mol. The molecule has 0 aliphatic carbocycles. The highest BCUT2D eigenvalue weighted by atomic mass is 35.5. The summed E-state index contributed by atoms with van der Waals surface area (Å²) in [6.07, 6.45) is 4.21. The van der Waals surface area contributed by atoms with E-state index in [1.165, 1.54) is 33.5 Å². The molecule has 196 valence electrons. The van der Waals surface area contributed by atoms with Gasteiger partial charge in [0.05, 0.1) is 29.4 Å². The summed E-state index contributed by atoms with van der Waals surface area (Å²) in [7, 11) is 1.54. The maximum absolute atomic E-state index is 12.1. The Morgan fingerprint density at radius 1 is 1.32 bits per heavy atom. The van der Waals surface area contributed by atoms with Crippen molar-refractivity contribution in [3.05, 3.63) is 81.1 Å². The van der Waals surface area contributed by atoms with E-state index in [1.54, 1.807) is 49.8 Å². The van der Waals surface area contributed by atoms with Gasteiger partial charge in [-0.05, 0) is 36.4 Å². The minimum Gasteiger partial charge on any atom is -0.393 e. The van der Waals surface area contributed by atoms with Crippen molar-refractivity contribution in [2.24, 2.45) is 0 Å². The number of carbonyl (C=O) groups excluding carboxylic acids is 2. The van der Waals surface area contributed by atoms with Crippen LogP contribution in [-0.4, -0.2) is 67.7 Å². The van der Waals surface area contributed by atoms with Gasteiger partial charge in [0, 0.05) is 36.4 Å². The molecule has 2 amide bonds. The SMILES string of the molecule is CN(CC(=O)Nc1ccc(Cl)cc1Cl)C(=O)c1cccnc1.Nc1ccn([C@H]2CS[C@@H](CO)O2)c(=O)n1. The Labute approximate surface area is 226 Å². The second-order valence-corrected chi connectivity index (χ2v) is 9.69. The van der Waals surface area contributed by atoms with Crippen LogP contribution in [0.5, 0.6) is 0 Å². The first-order chi connectivity index (χ1) is 17.7. The molecule has 37 heavy (non-hydrogen) atoms. The van der Waals surface area contributed by atoms with E-state index >= 15 is 0 Å². The van der Waals surface area contributed by atoms with Crippen LogP contribution in [0.2, 0.25) is 10.0 Å². The number of hydrogen-bond acceptors (Lipinski definition) is 9. The van der Waals surface area contributed by atoms with Crippen molar-refractivity contribution in [1.29, 1.82) is 0 Å². The average molecular weight is 567 g/mol. The molecule has 2 aromatic heterocycles. The molecule has 0 radical (unpaired) electrons. The average Bonchev–Trinajstić information content (AvgIpc) is 3.35. The van der Waals surface area contributed by atoms with Gasteiger partial charge in [0.15, 0.2) is 0 Å². The van der Waals surface area contributed by atoms with Gasteiger partial charge in [-0.2, -0.15) is 4.98 Å². The summed E-state index contributed by atoms with van der Waals surface area (Å²) < 4.78 is 6.79. The molecule has 0 bridgehead atoms. The van der Waals surface area contributed by atoms with Crippen molar-refractivity contribution in [1.82, 2.24) is 19.4 Å². The third-order valence-electron chi connectivity index (χ3n) is 4.89. The molecular formula is C23H24Cl2N6O5S. The zero-order valence-electron chi connectivity index (χ0n) is 19.6. The molecular weight excluding hydrogens is 543 g/mol. The highest BCUT2D eigenvalue weighted by Crippen LogP contribution is 2.30. The fraction of sp³-hybridized carbons (Fsp3) is 0.261. The van der Waals surface area contributed by atoms with Crippen LogP contribution in [0.25, 0.3) is 0 Å². The summed E-state index contributed by atoms with van der Waals surface area (Å²) in [5.74, 6) is 0.173. The first-order valence-electron chi connectivity index (χ1n) is 10.8. The third-order valence-corrected chi connectivity index (χ3v) is 6.54. The number of rotatable bonds is 6. The summed E-state index contributed by atoms with van der Waals surface area (Å²) in [5.41, 5.74) is 5.54. The van der Waals surface area contributed by atoms with E-state index in [-0.39, 0.29) is 42.4 Å². The number of halogens is 2. The number of ether oxygens (including phenoxy) is 1. The van der Waals surface area contributed by atoms with Crippen LogP contribution in [0, 0.1) is 0 Å². The first-order valence-corrected chi connectivity index (χ1v) is 12.6. The first kappa shape index (κ1) is 28.4. The van der Waals surface area contributed by atoms with Crippen LogP contribution < -0.4 is 16.7 Å². The molecule has 1 aliphatic heterocycles. The summed E-state index contributed by atoms with van der Waals surface area (Å²) in [6, 6.07) is 9.60. The number of aromatic nitrogens is 3. The lowest BCUT2D eigenvalue weighted by Gasteiger charge is -2.17. The van der Waals surface area contributed by atoms with Gasteiger partial charge in [-0.25, -0.2) is 4.79 Å². The van der Waals surface area contributed by atoms with Gasteiger partial charge in [0.25, 0.3) is 5.91 Å². The molecule has 0 spiro atoms. The number of nitrogen functional groups attached to an aromatic ring is 1. The van der Waals surface area contributed by atoms with Crippen molar-refractivity contribution in [3.8, 4) is 0 Å². The van der Waals surface area contributed by atoms with Crippen LogP contribution in [-0.2, 0) is 9.53 Å². The van der Waals surface area contributed by atoms with E-state index in [9.17, 15) is 14.4 Å². The summed E-state index contributed by atoms with van der Waals surface area (Å²) >= 11 is 13.2. The molecule has 11 nitrogen and oxygen atoms in total. The fourth-order valence-corrected chi connectivity index (χ4v) is 4.49. The molecule has 1 aliphatic rings. The number of anilines is 2. The second-order valence-electron chi connectivity index (χ2n) is 7.65. The quantitative estimate of drug-likeness (QED) is 0.408. The maximum atomic E-state index is 12.1. The number of nitrogens with two attached hydrogens (primary N) is 1. The number of thioether (sulfide) groups is 1. The molecule has 0 unspecified atom stereocenters. The molecule has 3 heterocycles. The molecule has 2 atom stereocenters. The molecule has 1 fully saturated rings. The molecule has 0 saturated carbocycles. The Morgan fingerprint density at radius 2 is 2.11 bits per heavy atom. The number of pyridine rings is 1. The van der Waals surface area contributed by atoms with Gasteiger partial charge in [-0.3, -0.25) is 19.1 Å². The van der Waals surface area contributed by atoms with Gasteiger partial charge in [-0.1, -0.05) is 23.2 Å². The molecule has 4 rings (SSSR count). The van der Waals surface area contributed by atoms with Gasteiger partial charge in [0.2, 0.25) is 5.91 Å². The van der Waals surface area contributed by atoms with E-state index in [0.29, 0.717) is 27.0 Å². The van der Waals surface area contributed by atoms with E-state index in [2.05, 4.69) is 15.3 Å². The highest BCUT2D eigenvalue weighted by Gasteiger charge is 2.27.